The van der Waals surface area contributed by atoms with E-state index in [-0.39, 0.29) is 6.10 Å². The highest BCUT2D eigenvalue weighted by Crippen LogP contribution is 2.22. The Morgan fingerprint density at radius 1 is 1.12 bits per heavy atom. The molecule has 24 heavy (non-hydrogen) atoms. The summed E-state index contributed by atoms with van der Waals surface area (Å²) in [6.07, 6.45) is 4.57. The Hall–Kier alpha value is -1.30. The summed E-state index contributed by atoms with van der Waals surface area (Å²) in [4.78, 5) is 4.80. The number of aliphatic hydroxyl groups excluding tert-OH is 1. The van der Waals surface area contributed by atoms with Crippen LogP contribution in [0, 0.1) is 0 Å². The number of benzene rings is 1. The predicted molar refractivity (Wildman–Crippen MR) is 97.9 cm³/mol. The number of hydrogen-bond acceptors (Lipinski definition) is 5. The van der Waals surface area contributed by atoms with Gasteiger partial charge in [-0.1, -0.05) is 0 Å². The Labute approximate surface area is 145 Å². The second-order valence-electron chi connectivity index (χ2n) is 7.03. The summed E-state index contributed by atoms with van der Waals surface area (Å²) in [6, 6.07) is 8.83. The van der Waals surface area contributed by atoms with Crippen molar-refractivity contribution in [3.05, 3.63) is 24.3 Å². The fourth-order valence-corrected chi connectivity index (χ4v) is 3.77. The minimum absolute atomic E-state index is 0.247. The molecule has 1 aromatic rings. The van der Waals surface area contributed by atoms with Gasteiger partial charge in [-0.3, -0.25) is 0 Å². The van der Waals surface area contributed by atoms with Gasteiger partial charge in [0, 0.05) is 37.9 Å². The molecule has 5 nitrogen and oxygen atoms in total. The SMILES string of the molecule is COc1ccc(N2CCC(NCC(O)CN3CCCC3)CC2)cc1. The lowest BCUT2D eigenvalue weighted by atomic mass is 10.0. The van der Waals surface area contributed by atoms with Crippen LogP contribution in [-0.2, 0) is 0 Å². The zero-order chi connectivity index (χ0) is 16.8. The van der Waals surface area contributed by atoms with Crippen molar-refractivity contribution < 1.29 is 9.84 Å². The van der Waals surface area contributed by atoms with Crippen molar-refractivity contribution in [2.75, 3.05) is 51.3 Å². The van der Waals surface area contributed by atoms with E-state index in [2.05, 4.69) is 27.2 Å². The Bertz CT molecular complexity index is 480. The van der Waals surface area contributed by atoms with Crippen LogP contribution in [-0.4, -0.2) is 68.5 Å². The van der Waals surface area contributed by atoms with Gasteiger partial charge in [0.2, 0.25) is 0 Å². The first-order valence-corrected chi connectivity index (χ1v) is 9.27. The maximum atomic E-state index is 10.2. The lowest BCUT2D eigenvalue weighted by Crippen LogP contribution is -2.46. The van der Waals surface area contributed by atoms with Crippen LogP contribution in [0.25, 0.3) is 0 Å². The smallest absolute Gasteiger partial charge is 0.119 e. The number of anilines is 1. The molecule has 0 amide bonds. The van der Waals surface area contributed by atoms with E-state index >= 15 is 0 Å². The van der Waals surface area contributed by atoms with Crippen LogP contribution in [0.15, 0.2) is 24.3 Å². The maximum absolute atomic E-state index is 10.2. The van der Waals surface area contributed by atoms with E-state index < -0.39 is 0 Å². The largest absolute Gasteiger partial charge is 0.497 e. The van der Waals surface area contributed by atoms with Crippen LogP contribution in [0.1, 0.15) is 25.7 Å². The second kappa shape index (κ2) is 8.70. The Kier molecular flexibility index (Phi) is 6.35. The molecule has 1 atom stereocenters. The van der Waals surface area contributed by atoms with Gasteiger partial charge in [-0.05, 0) is 63.0 Å². The third-order valence-electron chi connectivity index (χ3n) is 5.24. The molecule has 0 radical (unpaired) electrons. The molecule has 2 aliphatic rings. The van der Waals surface area contributed by atoms with E-state index in [1.165, 1.54) is 18.5 Å². The topological polar surface area (TPSA) is 48.0 Å². The molecule has 0 saturated carbocycles. The van der Waals surface area contributed by atoms with Crippen LogP contribution in [0.5, 0.6) is 5.75 Å². The molecule has 5 heteroatoms. The predicted octanol–water partition coefficient (Wildman–Crippen LogP) is 1.71. The summed E-state index contributed by atoms with van der Waals surface area (Å²) in [7, 11) is 1.70. The normalized spacial score (nSPS) is 21.2. The van der Waals surface area contributed by atoms with E-state index in [0.29, 0.717) is 12.6 Å². The molecule has 1 unspecified atom stereocenters. The minimum atomic E-state index is -0.247. The Balaban J connectivity index is 1.36. The molecule has 2 saturated heterocycles. The quantitative estimate of drug-likeness (QED) is 0.795. The minimum Gasteiger partial charge on any atom is -0.497 e. The Morgan fingerprint density at radius 2 is 1.79 bits per heavy atom. The first-order valence-electron chi connectivity index (χ1n) is 9.27. The van der Waals surface area contributed by atoms with Crippen molar-refractivity contribution >= 4 is 5.69 Å². The van der Waals surface area contributed by atoms with Gasteiger partial charge in [0.1, 0.15) is 5.75 Å². The number of piperidine rings is 1. The molecule has 0 aromatic heterocycles. The summed E-state index contributed by atoms with van der Waals surface area (Å²) < 4.78 is 5.22. The number of likely N-dealkylation sites (tertiary alicyclic amines) is 1. The summed E-state index contributed by atoms with van der Waals surface area (Å²) in [5.74, 6) is 0.905. The molecule has 0 bridgehead atoms. The number of nitrogens with zero attached hydrogens (tertiary/aromatic N) is 2. The average Bonchev–Trinajstić information content (AvgIpc) is 3.13. The molecule has 2 N–H and O–H groups in total. The summed E-state index contributed by atoms with van der Waals surface area (Å²) in [5, 5.41) is 13.8. The fourth-order valence-electron chi connectivity index (χ4n) is 3.77. The highest BCUT2D eigenvalue weighted by molar-refractivity contribution is 5.49. The molecule has 134 valence electrons. The molecular formula is C19H31N3O2. The number of aliphatic hydroxyl groups is 1. The van der Waals surface area contributed by atoms with Crippen LogP contribution in [0.4, 0.5) is 5.69 Å². The number of rotatable bonds is 7. The second-order valence-corrected chi connectivity index (χ2v) is 7.03. The molecule has 0 spiro atoms. The van der Waals surface area contributed by atoms with Gasteiger partial charge in [-0.2, -0.15) is 0 Å². The van der Waals surface area contributed by atoms with Gasteiger partial charge in [-0.15, -0.1) is 0 Å². The number of hydrogen-bond donors (Lipinski definition) is 2. The third kappa shape index (κ3) is 4.85. The van der Waals surface area contributed by atoms with Crippen LogP contribution < -0.4 is 15.0 Å². The number of β-amino-alcohol motifs (C(OH)–C–C–N with tert-alkyl or cyclic N) is 1. The number of nitrogens with one attached hydrogen (secondary N) is 1. The number of methoxy groups -OCH3 is 1. The zero-order valence-electron chi connectivity index (χ0n) is 14.8. The van der Waals surface area contributed by atoms with Gasteiger partial charge < -0.3 is 25.0 Å². The zero-order valence-corrected chi connectivity index (χ0v) is 14.8. The summed E-state index contributed by atoms with van der Waals surface area (Å²) >= 11 is 0. The molecule has 1 aromatic carbocycles. The highest BCUT2D eigenvalue weighted by atomic mass is 16.5. The monoisotopic (exact) mass is 333 g/mol. The molecule has 2 aliphatic heterocycles. The van der Waals surface area contributed by atoms with E-state index in [9.17, 15) is 5.11 Å². The highest BCUT2D eigenvalue weighted by Gasteiger charge is 2.21. The lowest BCUT2D eigenvalue weighted by Gasteiger charge is -2.34. The Morgan fingerprint density at radius 3 is 2.42 bits per heavy atom. The molecule has 3 rings (SSSR count). The van der Waals surface area contributed by atoms with Crippen molar-refractivity contribution in [2.24, 2.45) is 0 Å². The van der Waals surface area contributed by atoms with Gasteiger partial charge in [0.05, 0.1) is 13.2 Å². The van der Waals surface area contributed by atoms with Crippen LogP contribution in [0.2, 0.25) is 0 Å². The van der Waals surface area contributed by atoms with E-state index in [1.807, 2.05) is 12.1 Å². The summed E-state index contributed by atoms with van der Waals surface area (Å²) in [6.45, 7) is 5.95. The van der Waals surface area contributed by atoms with Crippen molar-refractivity contribution in [2.45, 2.75) is 37.8 Å². The van der Waals surface area contributed by atoms with Crippen molar-refractivity contribution in [1.29, 1.82) is 0 Å². The fraction of sp³-hybridized carbons (Fsp3) is 0.684. The van der Waals surface area contributed by atoms with Crippen molar-refractivity contribution in [1.82, 2.24) is 10.2 Å². The lowest BCUT2D eigenvalue weighted by molar-refractivity contribution is 0.119. The van der Waals surface area contributed by atoms with Gasteiger partial charge in [-0.25, -0.2) is 0 Å². The standard InChI is InChI=1S/C19H31N3O2/c1-24-19-6-4-17(5-7-19)22-12-8-16(9-13-22)20-14-18(23)15-21-10-2-3-11-21/h4-7,16,18,20,23H,2-3,8-15H2,1H3. The van der Waals surface area contributed by atoms with Crippen LogP contribution in [0.3, 0.4) is 0 Å². The maximum Gasteiger partial charge on any atom is 0.119 e. The third-order valence-corrected chi connectivity index (χ3v) is 5.24. The summed E-state index contributed by atoms with van der Waals surface area (Å²) in [5.41, 5.74) is 1.27. The van der Waals surface area contributed by atoms with Crippen molar-refractivity contribution in [3.8, 4) is 5.75 Å². The van der Waals surface area contributed by atoms with Gasteiger partial charge in [0.15, 0.2) is 0 Å². The molecule has 2 fully saturated rings. The molecular weight excluding hydrogens is 302 g/mol. The van der Waals surface area contributed by atoms with E-state index in [0.717, 1.165) is 51.3 Å². The molecule has 0 aliphatic carbocycles. The first-order chi connectivity index (χ1) is 11.7. The van der Waals surface area contributed by atoms with Crippen LogP contribution >= 0.6 is 0 Å². The van der Waals surface area contributed by atoms with E-state index in [1.54, 1.807) is 7.11 Å². The van der Waals surface area contributed by atoms with Gasteiger partial charge >= 0.3 is 0 Å². The number of ether oxygens (including phenoxy) is 1. The first kappa shape index (κ1) is 17.5. The van der Waals surface area contributed by atoms with E-state index in [4.69, 9.17) is 4.74 Å². The average molecular weight is 333 g/mol. The van der Waals surface area contributed by atoms with Crippen molar-refractivity contribution in [3.63, 3.8) is 0 Å². The molecule has 2 heterocycles. The van der Waals surface area contributed by atoms with Gasteiger partial charge in [0.25, 0.3) is 0 Å².